The van der Waals surface area contributed by atoms with Gasteiger partial charge in [0.15, 0.2) is 0 Å². The predicted molar refractivity (Wildman–Crippen MR) is 129 cm³/mol. The molecule has 1 aliphatic rings. The number of benzene rings is 2. The van der Waals surface area contributed by atoms with Crippen molar-refractivity contribution in [1.29, 1.82) is 0 Å². The van der Waals surface area contributed by atoms with E-state index in [1.807, 2.05) is 36.4 Å². The second-order valence-electron chi connectivity index (χ2n) is 9.60. The Kier molecular flexibility index (Phi) is 7.73. The Bertz CT molecular complexity index is 793. The highest BCUT2D eigenvalue weighted by Gasteiger charge is 2.49. The molecule has 31 heavy (non-hydrogen) atoms. The summed E-state index contributed by atoms with van der Waals surface area (Å²) in [5.41, 5.74) is 0. The Labute approximate surface area is 188 Å². The molecule has 0 bridgehead atoms. The topological polar surface area (TPSA) is 49.8 Å². The van der Waals surface area contributed by atoms with E-state index in [0.29, 0.717) is 5.92 Å². The lowest BCUT2D eigenvalue weighted by Gasteiger charge is -2.42. The third kappa shape index (κ3) is 5.11. The Morgan fingerprint density at radius 1 is 1.00 bits per heavy atom. The molecular weight excluding hydrogens is 402 g/mol. The minimum Gasteiger partial charge on any atom is -0.424 e. The maximum Gasteiger partial charge on any atom is 0.258 e. The van der Waals surface area contributed by atoms with Crippen molar-refractivity contribution in [3.05, 3.63) is 60.7 Å². The normalized spacial score (nSPS) is 19.8. The van der Waals surface area contributed by atoms with Gasteiger partial charge < -0.3 is 4.80 Å². The Morgan fingerprint density at radius 3 is 1.94 bits per heavy atom. The zero-order chi connectivity index (χ0) is 22.5. The first-order chi connectivity index (χ1) is 14.8. The first-order valence-corrected chi connectivity index (χ1v) is 13.4. The van der Waals surface area contributed by atoms with Gasteiger partial charge in [0.1, 0.15) is 0 Å². The first-order valence-electron chi connectivity index (χ1n) is 11.4. The number of carbonyl (C=O) groups is 1. The fraction of sp³-hybridized carbons (Fsp3) is 0.500. The van der Waals surface area contributed by atoms with E-state index >= 15 is 0 Å². The van der Waals surface area contributed by atoms with Gasteiger partial charge in [0, 0.05) is 13.0 Å². The number of amides is 1. The Morgan fingerprint density at radius 2 is 1.48 bits per heavy atom. The number of nitrogens with zero attached hydrogens (tertiary/aromatic N) is 1. The van der Waals surface area contributed by atoms with Crippen LogP contribution in [0.15, 0.2) is 60.7 Å². The number of rotatable bonds is 8. The van der Waals surface area contributed by atoms with Crippen LogP contribution in [0.5, 0.6) is 0 Å². The van der Waals surface area contributed by atoms with Crippen LogP contribution in [0.2, 0.25) is 5.04 Å². The van der Waals surface area contributed by atoms with E-state index in [4.69, 9.17) is 4.84 Å². The first kappa shape index (κ1) is 23.7. The zero-order valence-corrected chi connectivity index (χ0v) is 20.4. The van der Waals surface area contributed by atoms with Gasteiger partial charge >= 0.3 is 0 Å². The van der Waals surface area contributed by atoms with Gasteiger partial charge in [-0.2, -0.15) is 0 Å². The summed E-state index contributed by atoms with van der Waals surface area (Å²) in [4.78, 5) is 29.7. The van der Waals surface area contributed by atoms with Gasteiger partial charge in [-0.1, -0.05) is 80.9 Å². The van der Waals surface area contributed by atoms with Crippen molar-refractivity contribution < 1.29 is 14.4 Å². The van der Waals surface area contributed by atoms with Crippen LogP contribution in [0.3, 0.4) is 0 Å². The predicted octanol–water partition coefficient (Wildman–Crippen LogP) is 4.13. The van der Waals surface area contributed by atoms with Crippen molar-refractivity contribution in [1.82, 2.24) is 5.06 Å². The molecule has 1 saturated carbocycles. The second kappa shape index (κ2) is 10.1. The molecule has 0 heterocycles. The van der Waals surface area contributed by atoms with Crippen molar-refractivity contribution in [3.8, 4) is 0 Å². The third-order valence-electron chi connectivity index (χ3n) is 7.32. The molecule has 0 spiro atoms. The largest absolute Gasteiger partial charge is 0.424 e. The van der Waals surface area contributed by atoms with Gasteiger partial charge in [-0.3, -0.25) is 9.63 Å². The molecular formula is C26H37NO3Si. The number of carbonyl (C=O) groups excluding carboxylic acids is 1. The second-order valence-corrected chi connectivity index (χ2v) is 13.5. The van der Waals surface area contributed by atoms with Crippen molar-refractivity contribution >= 4 is 24.6 Å². The summed E-state index contributed by atoms with van der Waals surface area (Å²) in [7, 11) is 0.286. The molecule has 1 aliphatic carbocycles. The molecule has 168 valence electrons. The van der Waals surface area contributed by atoms with Gasteiger partial charge in [0.25, 0.3) is 8.32 Å². The summed E-state index contributed by atoms with van der Waals surface area (Å²) in [6.45, 7) is 4.48. The van der Waals surface area contributed by atoms with Crippen molar-refractivity contribution in [3.63, 3.8) is 0 Å². The summed E-state index contributed by atoms with van der Waals surface area (Å²) >= 11 is 0. The smallest absolute Gasteiger partial charge is 0.258 e. The molecule has 1 fully saturated rings. The number of hydrogen-bond acceptors (Lipinski definition) is 3. The van der Waals surface area contributed by atoms with Gasteiger partial charge in [0.2, 0.25) is 5.91 Å². The molecule has 2 aromatic carbocycles. The van der Waals surface area contributed by atoms with Crippen molar-refractivity contribution in [2.45, 2.75) is 57.4 Å². The summed E-state index contributed by atoms with van der Waals surface area (Å²) in [5.74, 6) is 0.784. The van der Waals surface area contributed by atoms with Crippen LogP contribution in [-0.4, -0.2) is 38.2 Å². The Balaban J connectivity index is 1.71. The summed E-state index contributed by atoms with van der Waals surface area (Å²) in [6, 6.07) is 20.5. The molecule has 0 aliphatic heterocycles. The van der Waals surface area contributed by atoms with E-state index in [1.165, 1.54) is 12.2 Å². The maximum absolute atomic E-state index is 12.4. The monoisotopic (exact) mass is 439 g/mol. The molecule has 0 unspecified atom stereocenters. The summed E-state index contributed by atoms with van der Waals surface area (Å²) in [6.07, 6.45) is 6.05. The lowest BCUT2D eigenvalue weighted by atomic mass is 9.79. The van der Waals surface area contributed by atoms with Gasteiger partial charge in [-0.15, -0.1) is 0 Å². The van der Waals surface area contributed by atoms with Crippen molar-refractivity contribution in [2.24, 2.45) is 11.8 Å². The average Bonchev–Trinajstić information content (AvgIpc) is 2.82. The van der Waals surface area contributed by atoms with Crippen molar-refractivity contribution in [2.75, 3.05) is 14.2 Å². The maximum atomic E-state index is 12.4. The summed E-state index contributed by atoms with van der Waals surface area (Å²) in [5, 5.41) is 3.30. The Hall–Kier alpha value is -1.95. The lowest BCUT2D eigenvalue weighted by molar-refractivity contribution is -0.174. The molecule has 1 N–H and O–H groups in total. The molecule has 0 radical (unpaired) electrons. The zero-order valence-electron chi connectivity index (χ0n) is 19.4. The third-order valence-corrected chi connectivity index (χ3v) is 11.9. The highest BCUT2D eigenvalue weighted by molar-refractivity contribution is 6.98. The van der Waals surface area contributed by atoms with Crippen LogP contribution in [0.25, 0.3) is 0 Å². The highest BCUT2D eigenvalue weighted by Crippen LogP contribution is 2.43. The van der Waals surface area contributed by atoms with Crippen LogP contribution >= 0.6 is 0 Å². The van der Waals surface area contributed by atoms with Gasteiger partial charge in [-0.25, -0.2) is 5.06 Å². The van der Waals surface area contributed by atoms with Crippen LogP contribution < -0.4 is 10.4 Å². The molecule has 0 saturated heterocycles. The summed E-state index contributed by atoms with van der Waals surface area (Å²) < 4.78 is 0. The van der Waals surface area contributed by atoms with E-state index < -0.39 is 8.32 Å². The van der Waals surface area contributed by atoms with Crippen LogP contribution in [0.1, 0.15) is 52.4 Å². The lowest BCUT2D eigenvalue weighted by Crippen LogP contribution is -2.65. The minimum atomic E-state index is -2.94. The van der Waals surface area contributed by atoms with E-state index in [2.05, 4.69) is 38.1 Å². The van der Waals surface area contributed by atoms with Gasteiger partial charge in [-0.05, 0) is 53.4 Å². The van der Waals surface area contributed by atoms with E-state index in [0.717, 1.165) is 48.9 Å². The molecule has 1 amide bonds. The molecule has 0 aromatic heterocycles. The quantitative estimate of drug-likeness (QED) is 0.497. The molecule has 0 atom stereocenters. The van der Waals surface area contributed by atoms with E-state index in [9.17, 15) is 9.59 Å². The van der Waals surface area contributed by atoms with Gasteiger partial charge in [0.05, 0.1) is 7.11 Å². The number of hydroxylamine groups is 2. The van der Waals surface area contributed by atoms with Crippen LogP contribution in [0.4, 0.5) is 0 Å². The van der Waals surface area contributed by atoms with Crippen LogP contribution in [-0.2, 0) is 9.63 Å². The highest BCUT2D eigenvalue weighted by atomic mass is 28.4. The fourth-order valence-electron chi connectivity index (χ4n) is 5.10. The van der Waals surface area contributed by atoms with Crippen LogP contribution in [0, 0.1) is 11.8 Å². The minimum absolute atomic E-state index is 0.0779. The standard InChI is InChI=1S/C26H37NO3Si/c1-26(2,20-19-21-15-17-22(18-16-21)25(28)27(3)30-4)31(29,23-11-7-5-8-12-23)24-13-9-6-10-14-24/h5-14,21-22,29H,15-20H2,1-4H3. The average molecular weight is 440 g/mol. The molecule has 2 aromatic rings. The van der Waals surface area contributed by atoms with E-state index in [-0.39, 0.29) is 16.9 Å². The SMILES string of the molecule is CON(C)C(=O)C1CCC(CCC(C)(C)[Si](O)(c2ccccc2)c2ccccc2)CC1. The molecule has 3 rings (SSSR count). The number of hydrogen-bond donors (Lipinski definition) is 1. The molecule has 4 nitrogen and oxygen atoms in total. The molecule has 5 heteroatoms. The fourth-order valence-corrected chi connectivity index (χ4v) is 8.85. The van der Waals surface area contributed by atoms with E-state index in [1.54, 1.807) is 7.05 Å².